The number of ether oxygens (including phenoxy) is 2. The summed E-state index contributed by atoms with van der Waals surface area (Å²) in [4.78, 5) is 33.7. The zero-order chi connectivity index (χ0) is 15.0. The quantitative estimate of drug-likeness (QED) is 0.364. The van der Waals surface area contributed by atoms with E-state index >= 15 is 0 Å². The molecule has 0 aromatic heterocycles. The van der Waals surface area contributed by atoms with E-state index in [9.17, 15) is 19.5 Å². The Kier molecular flexibility index (Phi) is 5.96. The van der Waals surface area contributed by atoms with Crippen molar-refractivity contribution in [2.75, 3.05) is 13.2 Å². The van der Waals surface area contributed by atoms with Crippen LogP contribution in [0.5, 0.6) is 0 Å². The Hall–Kier alpha value is -2.63. The maximum Gasteiger partial charge on any atom is 0.379 e. The lowest BCUT2D eigenvalue weighted by Gasteiger charge is -2.03. The molecule has 1 aromatic rings. The standard InChI is InChI=1S/C14H14O6/c1-2-19-13(17)9-20-14(18)12(16)8-11(15)10-6-4-3-5-7-10/h3-8,15H,2,9H2,1H3/b11-8-. The van der Waals surface area contributed by atoms with Crippen LogP contribution in [-0.4, -0.2) is 36.0 Å². The number of aliphatic hydroxyl groups is 1. The lowest BCUT2D eigenvalue weighted by molar-refractivity contribution is -0.160. The van der Waals surface area contributed by atoms with Crippen molar-refractivity contribution in [1.29, 1.82) is 0 Å². The Bertz CT molecular complexity index is 518. The average Bonchev–Trinajstić information content (AvgIpc) is 2.45. The molecule has 6 heteroatoms. The first kappa shape index (κ1) is 15.4. The third kappa shape index (κ3) is 4.93. The van der Waals surface area contributed by atoms with Gasteiger partial charge in [0.2, 0.25) is 0 Å². The molecule has 6 nitrogen and oxygen atoms in total. The van der Waals surface area contributed by atoms with E-state index < -0.39 is 24.3 Å². The smallest absolute Gasteiger partial charge is 0.379 e. The number of esters is 2. The van der Waals surface area contributed by atoms with E-state index in [0.717, 1.165) is 6.08 Å². The van der Waals surface area contributed by atoms with Crippen molar-refractivity contribution in [3.05, 3.63) is 42.0 Å². The van der Waals surface area contributed by atoms with Crippen molar-refractivity contribution in [3.8, 4) is 0 Å². The molecule has 1 rings (SSSR count). The van der Waals surface area contributed by atoms with Gasteiger partial charge in [-0.25, -0.2) is 9.59 Å². The zero-order valence-electron chi connectivity index (χ0n) is 10.9. The predicted octanol–water partition coefficient (Wildman–Crippen LogP) is 1.26. The van der Waals surface area contributed by atoms with Crippen LogP contribution in [0.25, 0.3) is 5.76 Å². The fourth-order valence-corrected chi connectivity index (χ4v) is 1.27. The van der Waals surface area contributed by atoms with E-state index in [4.69, 9.17) is 0 Å². The van der Waals surface area contributed by atoms with E-state index in [1.54, 1.807) is 37.3 Å². The lowest BCUT2D eigenvalue weighted by atomic mass is 10.1. The molecule has 0 amide bonds. The van der Waals surface area contributed by atoms with Gasteiger partial charge in [0.15, 0.2) is 6.61 Å². The molecule has 1 aromatic carbocycles. The van der Waals surface area contributed by atoms with Gasteiger partial charge in [-0.3, -0.25) is 4.79 Å². The molecule has 0 heterocycles. The minimum Gasteiger partial charge on any atom is -0.507 e. The van der Waals surface area contributed by atoms with Crippen LogP contribution >= 0.6 is 0 Å². The molecular weight excluding hydrogens is 264 g/mol. The second-order valence-electron chi connectivity index (χ2n) is 3.64. The van der Waals surface area contributed by atoms with Crippen molar-refractivity contribution in [2.24, 2.45) is 0 Å². The van der Waals surface area contributed by atoms with Gasteiger partial charge in [0.25, 0.3) is 5.78 Å². The third-order valence-electron chi connectivity index (χ3n) is 2.16. The van der Waals surface area contributed by atoms with Crippen LogP contribution in [0, 0.1) is 0 Å². The number of aliphatic hydroxyl groups excluding tert-OH is 1. The van der Waals surface area contributed by atoms with Gasteiger partial charge in [-0.05, 0) is 6.92 Å². The van der Waals surface area contributed by atoms with E-state index in [1.165, 1.54) is 0 Å². The molecule has 0 radical (unpaired) electrons. The second-order valence-corrected chi connectivity index (χ2v) is 3.64. The molecule has 0 aliphatic rings. The summed E-state index contributed by atoms with van der Waals surface area (Å²) in [5, 5.41) is 9.64. The van der Waals surface area contributed by atoms with Gasteiger partial charge < -0.3 is 14.6 Å². The van der Waals surface area contributed by atoms with Crippen molar-refractivity contribution >= 4 is 23.5 Å². The Labute approximate surface area is 115 Å². The first-order chi connectivity index (χ1) is 9.54. The fourth-order valence-electron chi connectivity index (χ4n) is 1.27. The molecule has 0 saturated heterocycles. The molecular formula is C14H14O6. The summed E-state index contributed by atoms with van der Waals surface area (Å²) in [7, 11) is 0. The summed E-state index contributed by atoms with van der Waals surface area (Å²) in [6.07, 6.45) is 0.739. The third-order valence-corrected chi connectivity index (χ3v) is 2.16. The van der Waals surface area contributed by atoms with Crippen LogP contribution in [0.15, 0.2) is 36.4 Å². The minimum atomic E-state index is -1.24. The summed E-state index contributed by atoms with van der Waals surface area (Å²) >= 11 is 0. The highest BCUT2D eigenvalue weighted by atomic mass is 16.6. The zero-order valence-corrected chi connectivity index (χ0v) is 10.9. The van der Waals surface area contributed by atoms with Crippen LogP contribution in [0.4, 0.5) is 0 Å². The van der Waals surface area contributed by atoms with Crippen molar-refractivity contribution in [2.45, 2.75) is 6.92 Å². The van der Waals surface area contributed by atoms with Crippen molar-refractivity contribution < 1.29 is 29.0 Å². The normalized spacial score (nSPS) is 10.8. The topological polar surface area (TPSA) is 89.9 Å². The Balaban J connectivity index is 2.57. The Morgan fingerprint density at radius 1 is 1.15 bits per heavy atom. The SMILES string of the molecule is CCOC(=O)COC(=O)C(=O)/C=C(\O)c1ccccc1. The summed E-state index contributed by atoms with van der Waals surface area (Å²) in [5.41, 5.74) is 0.388. The average molecular weight is 278 g/mol. The largest absolute Gasteiger partial charge is 0.507 e. The number of carbonyl (C=O) groups is 3. The highest BCUT2D eigenvalue weighted by molar-refractivity contribution is 6.39. The highest BCUT2D eigenvalue weighted by Crippen LogP contribution is 2.10. The molecule has 1 N–H and O–H groups in total. The van der Waals surface area contributed by atoms with Gasteiger partial charge in [-0.15, -0.1) is 0 Å². The molecule has 0 bridgehead atoms. The molecule has 0 saturated carbocycles. The van der Waals surface area contributed by atoms with E-state index in [2.05, 4.69) is 9.47 Å². The fraction of sp³-hybridized carbons (Fsp3) is 0.214. The molecule has 0 unspecified atom stereocenters. The van der Waals surface area contributed by atoms with Crippen molar-refractivity contribution in [1.82, 2.24) is 0 Å². The molecule has 0 fully saturated rings. The van der Waals surface area contributed by atoms with Crippen LogP contribution in [0.1, 0.15) is 12.5 Å². The number of benzene rings is 1. The van der Waals surface area contributed by atoms with Gasteiger partial charge in [0, 0.05) is 11.6 Å². The van der Waals surface area contributed by atoms with Gasteiger partial charge in [0.1, 0.15) is 5.76 Å². The van der Waals surface area contributed by atoms with Gasteiger partial charge in [0.05, 0.1) is 6.61 Å². The maximum atomic E-state index is 11.4. The number of hydrogen-bond acceptors (Lipinski definition) is 6. The summed E-state index contributed by atoms with van der Waals surface area (Å²) in [6.45, 7) is 1.11. The minimum absolute atomic E-state index is 0.152. The maximum absolute atomic E-state index is 11.4. The molecule has 0 atom stereocenters. The van der Waals surface area contributed by atoms with E-state index in [0.29, 0.717) is 5.56 Å². The van der Waals surface area contributed by atoms with Crippen LogP contribution in [0.2, 0.25) is 0 Å². The number of rotatable bonds is 6. The van der Waals surface area contributed by atoms with Crippen LogP contribution < -0.4 is 0 Å². The number of hydrogen-bond donors (Lipinski definition) is 1. The van der Waals surface area contributed by atoms with E-state index in [1.807, 2.05) is 0 Å². The Morgan fingerprint density at radius 3 is 2.40 bits per heavy atom. The summed E-state index contributed by atoms with van der Waals surface area (Å²) in [6, 6.07) is 8.23. The highest BCUT2D eigenvalue weighted by Gasteiger charge is 2.16. The van der Waals surface area contributed by atoms with E-state index in [-0.39, 0.29) is 12.4 Å². The summed E-state index contributed by atoms with van der Waals surface area (Å²) < 4.78 is 8.97. The van der Waals surface area contributed by atoms with Crippen LogP contribution in [0.3, 0.4) is 0 Å². The van der Waals surface area contributed by atoms with Gasteiger partial charge in [-0.2, -0.15) is 0 Å². The van der Waals surface area contributed by atoms with Crippen molar-refractivity contribution in [3.63, 3.8) is 0 Å². The van der Waals surface area contributed by atoms with Gasteiger partial charge in [-0.1, -0.05) is 30.3 Å². The lowest BCUT2D eigenvalue weighted by Crippen LogP contribution is -2.21. The molecule has 0 aliphatic carbocycles. The van der Waals surface area contributed by atoms with Crippen LogP contribution in [-0.2, 0) is 23.9 Å². The Morgan fingerprint density at radius 2 is 1.80 bits per heavy atom. The number of ketones is 1. The number of carbonyl (C=O) groups excluding carboxylic acids is 3. The first-order valence-electron chi connectivity index (χ1n) is 5.87. The molecule has 20 heavy (non-hydrogen) atoms. The molecule has 106 valence electrons. The summed E-state index contributed by atoms with van der Waals surface area (Å²) in [5.74, 6) is -3.40. The monoisotopic (exact) mass is 278 g/mol. The molecule has 0 spiro atoms. The second kappa shape index (κ2) is 7.73. The predicted molar refractivity (Wildman–Crippen MR) is 69.6 cm³/mol. The molecule has 0 aliphatic heterocycles. The first-order valence-corrected chi connectivity index (χ1v) is 5.87. The van der Waals surface area contributed by atoms with Gasteiger partial charge >= 0.3 is 11.9 Å².